The van der Waals surface area contributed by atoms with Gasteiger partial charge in [-0.1, -0.05) is 44.0 Å². The summed E-state index contributed by atoms with van der Waals surface area (Å²) in [6.07, 6.45) is 0.411. The Balaban J connectivity index is 1.80. The van der Waals surface area contributed by atoms with Crippen LogP contribution in [0.15, 0.2) is 40.8 Å². The number of hydrogen-bond donors (Lipinski definition) is 0. The summed E-state index contributed by atoms with van der Waals surface area (Å²) in [6, 6.07) is 10.4. The van der Waals surface area contributed by atoms with Crippen LogP contribution in [-0.2, 0) is 16.0 Å². The number of halogens is 2. The summed E-state index contributed by atoms with van der Waals surface area (Å²) in [4.78, 5) is 30.2. The van der Waals surface area contributed by atoms with Gasteiger partial charge in [0.15, 0.2) is 11.4 Å². The molecule has 3 aromatic rings. The molecule has 0 saturated carbocycles. The number of Topliss-reactive ketones (excluding diaryl/α,β-unsaturated/α-hetero) is 1. The molecule has 1 atom stereocenters. The smallest absolute Gasteiger partial charge is 0.349 e. The van der Waals surface area contributed by atoms with E-state index >= 15 is 0 Å². The minimum Gasteiger partial charge on any atom is -0.476 e. The third-order valence-corrected chi connectivity index (χ3v) is 6.50. The van der Waals surface area contributed by atoms with Crippen molar-refractivity contribution in [2.24, 2.45) is 5.92 Å². The lowest BCUT2D eigenvalue weighted by molar-refractivity contribution is -0.158. The third-order valence-electron chi connectivity index (χ3n) is 5.95. The van der Waals surface area contributed by atoms with Gasteiger partial charge in [0, 0.05) is 28.8 Å². The summed E-state index contributed by atoms with van der Waals surface area (Å²) in [5.41, 5.74) is 1.53. The Hall–Kier alpha value is -2.83. The van der Waals surface area contributed by atoms with Gasteiger partial charge in [-0.25, -0.2) is 9.78 Å². The molecule has 37 heavy (non-hydrogen) atoms. The Kier molecular flexibility index (Phi) is 9.09. The number of rotatable bonds is 10. The SMILES string of the molecule is CCOC(=O)C(C)(C)Oc1ccc(C(=O)C(C)Cc2nc(-c3ccc(Cl)cc3Cl)oc2C(C)C)cc1C. The van der Waals surface area contributed by atoms with Crippen LogP contribution in [0.4, 0.5) is 0 Å². The molecule has 1 heterocycles. The Morgan fingerprint density at radius 1 is 1.08 bits per heavy atom. The van der Waals surface area contributed by atoms with E-state index in [0.717, 1.165) is 17.0 Å². The molecule has 0 saturated heterocycles. The lowest BCUT2D eigenvalue weighted by Gasteiger charge is -2.25. The largest absolute Gasteiger partial charge is 0.476 e. The fourth-order valence-electron chi connectivity index (χ4n) is 3.94. The second-order valence-electron chi connectivity index (χ2n) is 9.89. The maximum atomic E-state index is 13.3. The first kappa shape index (κ1) is 28.7. The van der Waals surface area contributed by atoms with E-state index in [2.05, 4.69) is 0 Å². The first-order chi connectivity index (χ1) is 17.3. The molecule has 1 unspecified atom stereocenters. The zero-order valence-electron chi connectivity index (χ0n) is 22.3. The van der Waals surface area contributed by atoms with Gasteiger partial charge in [-0.2, -0.15) is 0 Å². The van der Waals surface area contributed by atoms with Gasteiger partial charge in [-0.3, -0.25) is 4.79 Å². The Labute approximate surface area is 228 Å². The third kappa shape index (κ3) is 6.74. The predicted molar refractivity (Wildman–Crippen MR) is 146 cm³/mol. The highest BCUT2D eigenvalue weighted by Crippen LogP contribution is 2.34. The van der Waals surface area contributed by atoms with Gasteiger partial charge < -0.3 is 13.9 Å². The van der Waals surface area contributed by atoms with Crippen molar-refractivity contribution in [2.45, 2.75) is 66.4 Å². The van der Waals surface area contributed by atoms with Crippen molar-refractivity contribution in [2.75, 3.05) is 6.61 Å². The molecule has 2 aromatic carbocycles. The average molecular weight is 546 g/mol. The monoisotopic (exact) mass is 545 g/mol. The van der Waals surface area contributed by atoms with Crippen molar-refractivity contribution in [3.05, 3.63) is 69.0 Å². The number of hydrogen-bond acceptors (Lipinski definition) is 6. The summed E-state index contributed by atoms with van der Waals surface area (Å²) >= 11 is 12.4. The number of ketones is 1. The molecular formula is C29H33Cl2NO5. The molecule has 0 bridgehead atoms. The molecule has 1 aromatic heterocycles. The standard InChI is InChI=1S/C29H33Cl2NO5/c1-8-35-28(34)29(6,7)37-24-12-9-19(13-17(24)4)25(33)18(5)14-23-26(16(2)3)36-27(32-23)21-11-10-20(30)15-22(21)31/h9-13,15-16,18H,8,14H2,1-7H3. The van der Waals surface area contributed by atoms with Crippen LogP contribution in [0, 0.1) is 12.8 Å². The summed E-state index contributed by atoms with van der Waals surface area (Å²) < 4.78 is 17.1. The zero-order chi connectivity index (χ0) is 27.5. The fourth-order valence-corrected chi connectivity index (χ4v) is 4.43. The number of oxazole rings is 1. The van der Waals surface area contributed by atoms with E-state index in [1.54, 1.807) is 57.2 Å². The number of nitrogens with zero attached hydrogens (tertiary/aromatic N) is 1. The average Bonchev–Trinajstić information content (AvgIpc) is 3.23. The van der Waals surface area contributed by atoms with Gasteiger partial charge in [-0.15, -0.1) is 0 Å². The fraction of sp³-hybridized carbons (Fsp3) is 0.414. The molecule has 198 valence electrons. The van der Waals surface area contributed by atoms with Crippen molar-refractivity contribution in [3.63, 3.8) is 0 Å². The zero-order valence-corrected chi connectivity index (χ0v) is 23.8. The number of carbonyl (C=O) groups is 2. The van der Waals surface area contributed by atoms with Crippen LogP contribution in [0.1, 0.15) is 74.8 Å². The van der Waals surface area contributed by atoms with Crippen LogP contribution in [0.3, 0.4) is 0 Å². The van der Waals surface area contributed by atoms with Crippen molar-refractivity contribution in [1.29, 1.82) is 0 Å². The van der Waals surface area contributed by atoms with Crippen molar-refractivity contribution in [3.8, 4) is 17.2 Å². The van der Waals surface area contributed by atoms with Gasteiger partial charge >= 0.3 is 5.97 Å². The molecule has 0 N–H and O–H groups in total. The molecule has 3 rings (SSSR count). The van der Waals surface area contributed by atoms with Crippen molar-refractivity contribution < 1.29 is 23.5 Å². The molecule has 0 spiro atoms. The number of ether oxygens (including phenoxy) is 2. The number of aromatic nitrogens is 1. The number of carbonyl (C=O) groups excluding carboxylic acids is 2. The normalized spacial score (nSPS) is 12.5. The number of aryl methyl sites for hydroxylation is 1. The summed E-state index contributed by atoms with van der Waals surface area (Å²) in [6.45, 7) is 13.1. The van der Waals surface area contributed by atoms with Gasteiger partial charge in [0.05, 0.1) is 22.9 Å². The maximum absolute atomic E-state index is 13.3. The second-order valence-corrected chi connectivity index (χ2v) is 10.7. The quantitative estimate of drug-likeness (QED) is 0.190. The Bertz CT molecular complexity index is 1300. The first-order valence-electron chi connectivity index (χ1n) is 12.3. The molecule has 0 fully saturated rings. The van der Waals surface area contributed by atoms with E-state index in [-0.39, 0.29) is 24.2 Å². The number of esters is 1. The number of benzene rings is 2. The lowest BCUT2D eigenvalue weighted by Crippen LogP contribution is -2.39. The molecule has 0 radical (unpaired) electrons. The maximum Gasteiger partial charge on any atom is 0.349 e. The minimum absolute atomic E-state index is 0.0249. The molecule has 0 aliphatic rings. The van der Waals surface area contributed by atoms with E-state index in [1.165, 1.54) is 0 Å². The van der Waals surface area contributed by atoms with Crippen LogP contribution >= 0.6 is 23.2 Å². The molecule has 0 aliphatic carbocycles. The summed E-state index contributed by atoms with van der Waals surface area (Å²) in [7, 11) is 0. The lowest BCUT2D eigenvalue weighted by atomic mass is 9.92. The minimum atomic E-state index is -1.15. The molecule has 0 aliphatic heterocycles. The Morgan fingerprint density at radius 2 is 1.78 bits per heavy atom. The van der Waals surface area contributed by atoms with Crippen LogP contribution in [0.25, 0.3) is 11.5 Å². The van der Waals surface area contributed by atoms with Crippen molar-refractivity contribution in [1.82, 2.24) is 4.98 Å². The van der Waals surface area contributed by atoms with Gasteiger partial charge in [-0.05, 0) is 69.7 Å². The molecule has 6 nitrogen and oxygen atoms in total. The van der Waals surface area contributed by atoms with Crippen LogP contribution in [0.2, 0.25) is 10.0 Å². The topological polar surface area (TPSA) is 78.6 Å². The van der Waals surface area contributed by atoms with Crippen LogP contribution in [0.5, 0.6) is 5.75 Å². The molecular weight excluding hydrogens is 513 g/mol. The van der Waals surface area contributed by atoms with E-state index in [1.807, 2.05) is 27.7 Å². The molecule has 0 amide bonds. The highest BCUT2D eigenvalue weighted by atomic mass is 35.5. The van der Waals surface area contributed by atoms with Crippen molar-refractivity contribution >= 4 is 35.0 Å². The first-order valence-corrected chi connectivity index (χ1v) is 13.1. The van der Waals surface area contributed by atoms with Crippen LogP contribution < -0.4 is 4.74 Å². The summed E-state index contributed by atoms with van der Waals surface area (Å²) in [5, 5.41) is 0.976. The summed E-state index contributed by atoms with van der Waals surface area (Å²) in [5.74, 6) is 0.900. The highest BCUT2D eigenvalue weighted by Gasteiger charge is 2.32. The molecule has 8 heteroatoms. The van der Waals surface area contributed by atoms with Gasteiger partial charge in [0.25, 0.3) is 0 Å². The predicted octanol–water partition coefficient (Wildman–Crippen LogP) is 7.86. The Morgan fingerprint density at radius 3 is 2.38 bits per heavy atom. The second kappa shape index (κ2) is 11.7. The van der Waals surface area contributed by atoms with E-state index in [9.17, 15) is 9.59 Å². The van der Waals surface area contributed by atoms with E-state index in [0.29, 0.717) is 39.2 Å². The van der Waals surface area contributed by atoms with Gasteiger partial charge in [0.1, 0.15) is 11.5 Å². The van der Waals surface area contributed by atoms with Gasteiger partial charge in [0.2, 0.25) is 5.89 Å². The highest BCUT2D eigenvalue weighted by molar-refractivity contribution is 6.36. The van der Waals surface area contributed by atoms with E-state index in [4.69, 9.17) is 42.1 Å². The van der Waals surface area contributed by atoms with E-state index < -0.39 is 11.6 Å². The van der Waals surface area contributed by atoms with Crippen LogP contribution in [-0.4, -0.2) is 28.9 Å².